The smallest absolute Gasteiger partial charge is 0.223 e. The van der Waals surface area contributed by atoms with Gasteiger partial charge in [-0.15, -0.1) is 0 Å². The zero-order chi connectivity index (χ0) is 11.0. The van der Waals surface area contributed by atoms with Crippen molar-refractivity contribution in [2.45, 2.75) is 33.1 Å². The number of fused-ring (bicyclic) bond motifs is 1. The van der Waals surface area contributed by atoms with Gasteiger partial charge in [0.2, 0.25) is 5.28 Å². The summed E-state index contributed by atoms with van der Waals surface area (Å²) in [6, 6.07) is 0. The third-order valence-corrected chi connectivity index (χ3v) is 3.66. The zero-order valence-electron chi connectivity index (χ0n) is 8.93. The molecule has 1 aromatic heterocycles. The summed E-state index contributed by atoms with van der Waals surface area (Å²) in [5.74, 6) is 1.38. The molecule has 0 fully saturated rings. The quantitative estimate of drug-likeness (QED) is 0.558. The molecule has 1 aromatic rings. The summed E-state index contributed by atoms with van der Waals surface area (Å²) in [7, 11) is 0. The molecule has 1 unspecified atom stereocenters. The summed E-state index contributed by atoms with van der Waals surface area (Å²) < 4.78 is 0. The van der Waals surface area contributed by atoms with E-state index in [0.717, 1.165) is 24.1 Å². The second-order valence-corrected chi connectivity index (χ2v) is 5.15. The number of halogens is 2. The first-order valence-electron chi connectivity index (χ1n) is 5.28. The van der Waals surface area contributed by atoms with Gasteiger partial charge in [-0.3, -0.25) is 0 Å². The van der Waals surface area contributed by atoms with E-state index in [4.69, 9.17) is 23.2 Å². The Hall–Kier alpha value is -0.340. The zero-order valence-corrected chi connectivity index (χ0v) is 10.4. The summed E-state index contributed by atoms with van der Waals surface area (Å²) in [6.45, 7) is 4.50. The van der Waals surface area contributed by atoms with Crippen LogP contribution >= 0.6 is 23.2 Å². The molecule has 0 radical (unpaired) electrons. The van der Waals surface area contributed by atoms with Crippen LogP contribution in [0.25, 0.3) is 0 Å². The first-order chi connectivity index (χ1) is 7.08. The fourth-order valence-corrected chi connectivity index (χ4v) is 2.63. The molecule has 2 rings (SSSR count). The lowest BCUT2D eigenvalue weighted by Gasteiger charge is -2.27. The molecular formula is C11H14Cl2N2. The number of hydrogen-bond donors (Lipinski definition) is 0. The van der Waals surface area contributed by atoms with Gasteiger partial charge in [-0.05, 0) is 42.7 Å². The first kappa shape index (κ1) is 11.2. The summed E-state index contributed by atoms with van der Waals surface area (Å²) in [6.07, 6.45) is 3.14. The molecule has 15 heavy (non-hydrogen) atoms. The molecule has 0 saturated carbocycles. The third-order valence-electron chi connectivity index (χ3n) is 3.18. The van der Waals surface area contributed by atoms with Gasteiger partial charge in [0.05, 0.1) is 5.69 Å². The van der Waals surface area contributed by atoms with Crippen molar-refractivity contribution in [1.82, 2.24) is 9.97 Å². The van der Waals surface area contributed by atoms with E-state index in [1.165, 1.54) is 6.42 Å². The molecule has 1 atom stereocenters. The van der Waals surface area contributed by atoms with E-state index in [1.807, 2.05) is 0 Å². The Kier molecular flexibility index (Phi) is 3.17. The Morgan fingerprint density at radius 1 is 1.27 bits per heavy atom. The predicted octanol–water partition coefficient (Wildman–Crippen LogP) is 3.54. The molecule has 4 heteroatoms. The van der Waals surface area contributed by atoms with Gasteiger partial charge in [0.25, 0.3) is 0 Å². The molecular weight excluding hydrogens is 231 g/mol. The third kappa shape index (κ3) is 2.26. The summed E-state index contributed by atoms with van der Waals surface area (Å²) in [4.78, 5) is 8.24. The van der Waals surface area contributed by atoms with Crippen molar-refractivity contribution in [3.8, 4) is 0 Å². The van der Waals surface area contributed by atoms with Crippen LogP contribution in [0.3, 0.4) is 0 Å². The average Bonchev–Trinajstić information content (AvgIpc) is 2.16. The lowest BCUT2D eigenvalue weighted by atomic mass is 9.80. The van der Waals surface area contributed by atoms with Crippen LogP contribution in [0, 0.1) is 11.8 Å². The van der Waals surface area contributed by atoms with Crippen molar-refractivity contribution in [3.05, 3.63) is 21.7 Å². The monoisotopic (exact) mass is 244 g/mol. The highest BCUT2D eigenvalue weighted by Crippen LogP contribution is 2.32. The molecule has 0 aliphatic heterocycles. The number of rotatable bonds is 1. The van der Waals surface area contributed by atoms with E-state index in [0.29, 0.717) is 17.0 Å². The number of hydrogen-bond acceptors (Lipinski definition) is 2. The second kappa shape index (κ2) is 4.26. The molecule has 1 aliphatic carbocycles. The molecule has 2 nitrogen and oxygen atoms in total. The minimum atomic E-state index is 0.266. The van der Waals surface area contributed by atoms with E-state index in [2.05, 4.69) is 23.8 Å². The van der Waals surface area contributed by atoms with Crippen molar-refractivity contribution < 1.29 is 0 Å². The van der Waals surface area contributed by atoms with Crippen LogP contribution in [-0.2, 0) is 12.8 Å². The maximum atomic E-state index is 6.08. The standard InChI is InChI=1S/C11H14Cl2N2/c1-6(2)7-3-4-9-8(5-7)10(12)15-11(13)14-9/h6-7H,3-5H2,1-2H3. The second-order valence-electron chi connectivity index (χ2n) is 4.46. The van der Waals surface area contributed by atoms with E-state index >= 15 is 0 Å². The Balaban J connectivity index is 2.33. The highest BCUT2D eigenvalue weighted by Gasteiger charge is 2.24. The Morgan fingerprint density at radius 3 is 2.67 bits per heavy atom. The van der Waals surface area contributed by atoms with Gasteiger partial charge in [0.15, 0.2) is 0 Å². The van der Waals surface area contributed by atoms with Crippen LogP contribution in [0.5, 0.6) is 0 Å². The van der Waals surface area contributed by atoms with Crippen molar-refractivity contribution in [3.63, 3.8) is 0 Å². The number of aromatic nitrogens is 2. The van der Waals surface area contributed by atoms with Crippen LogP contribution < -0.4 is 0 Å². The molecule has 0 bridgehead atoms. The van der Waals surface area contributed by atoms with Crippen molar-refractivity contribution in [1.29, 1.82) is 0 Å². The fourth-order valence-electron chi connectivity index (χ4n) is 2.14. The van der Waals surface area contributed by atoms with Crippen molar-refractivity contribution in [2.24, 2.45) is 11.8 Å². The fraction of sp³-hybridized carbons (Fsp3) is 0.636. The topological polar surface area (TPSA) is 25.8 Å². The minimum Gasteiger partial charge on any atom is -0.223 e. The van der Waals surface area contributed by atoms with Crippen LogP contribution in [0.4, 0.5) is 0 Å². The van der Waals surface area contributed by atoms with E-state index in [-0.39, 0.29) is 5.28 Å². The maximum Gasteiger partial charge on any atom is 0.224 e. The molecule has 1 heterocycles. The van der Waals surface area contributed by atoms with E-state index in [9.17, 15) is 0 Å². The van der Waals surface area contributed by atoms with Gasteiger partial charge in [0, 0.05) is 5.56 Å². The van der Waals surface area contributed by atoms with Crippen molar-refractivity contribution >= 4 is 23.2 Å². The molecule has 82 valence electrons. The SMILES string of the molecule is CC(C)C1CCc2nc(Cl)nc(Cl)c2C1. The van der Waals surface area contributed by atoms with Crippen molar-refractivity contribution in [2.75, 3.05) is 0 Å². The van der Waals surface area contributed by atoms with E-state index in [1.54, 1.807) is 0 Å². The minimum absolute atomic E-state index is 0.266. The normalized spacial score (nSPS) is 20.5. The van der Waals surface area contributed by atoms with Gasteiger partial charge in [-0.2, -0.15) is 0 Å². The molecule has 0 aromatic carbocycles. The Labute approximate surface area is 100 Å². The van der Waals surface area contributed by atoms with E-state index < -0.39 is 0 Å². The van der Waals surface area contributed by atoms with Gasteiger partial charge in [-0.1, -0.05) is 25.4 Å². The van der Waals surface area contributed by atoms with Crippen LogP contribution in [0.2, 0.25) is 10.4 Å². The highest BCUT2D eigenvalue weighted by atomic mass is 35.5. The molecule has 0 spiro atoms. The number of nitrogens with zero attached hydrogens (tertiary/aromatic N) is 2. The lowest BCUT2D eigenvalue weighted by Crippen LogP contribution is -2.20. The average molecular weight is 245 g/mol. The highest BCUT2D eigenvalue weighted by molar-refractivity contribution is 6.32. The number of aryl methyl sites for hydroxylation is 1. The Bertz CT molecular complexity index is 377. The maximum absolute atomic E-state index is 6.08. The first-order valence-corrected chi connectivity index (χ1v) is 6.04. The molecule has 1 aliphatic rings. The van der Waals surface area contributed by atoms with Gasteiger partial charge >= 0.3 is 0 Å². The predicted molar refractivity (Wildman–Crippen MR) is 62.4 cm³/mol. The summed E-state index contributed by atoms with van der Waals surface area (Å²) >= 11 is 11.9. The Morgan fingerprint density at radius 2 is 2.00 bits per heavy atom. The van der Waals surface area contributed by atoms with Gasteiger partial charge in [-0.25, -0.2) is 9.97 Å². The van der Waals surface area contributed by atoms with Crippen LogP contribution in [-0.4, -0.2) is 9.97 Å². The van der Waals surface area contributed by atoms with Gasteiger partial charge < -0.3 is 0 Å². The lowest BCUT2D eigenvalue weighted by molar-refractivity contribution is 0.339. The molecule has 0 saturated heterocycles. The van der Waals surface area contributed by atoms with Gasteiger partial charge in [0.1, 0.15) is 5.15 Å². The van der Waals surface area contributed by atoms with Crippen LogP contribution in [0.15, 0.2) is 0 Å². The van der Waals surface area contributed by atoms with Crippen LogP contribution in [0.1, 0.15) is 31.5 Å². The molecule has 0 amide bonds. The summed E-state index contributed by atoms with van der Waals surface area (Å²) in [5, 5.41) is 0.803. The summed E-state index contributed by atoms with van der Waals surface area (Å²) in [5.41, 5.74) is 2.14. The molecule has 0 N–H and O–H groups in total. The largest absolute Gasteiger partial charge is 0.224 e.